The van der Waals surface area contributed by atoms with Crippen molar-refractivity contribution < 1.29 is 9.53 Å². The van der Waals surface area contributed by atoms with E-state index in [-0.39, 0.29) is 5.97 Å². The highest BCUT2D eigenvalue weighted by atomic mass is 79.9. The normalized spacial score (nSPS) is 9.50. The highest BCUT2D eigenvalue weighted by Gasteiger charge is 2.06. The summed E-state index contributed by atoms with van der Waals surface area (Å²) in [5.74, 6) is -0.381. The van der Waals surface area contributed by atoms with Crippen molar-refractivity contribution in [3.8, 4) is 0 Å². The molecule has 12 heavy (non-hydrogen) atoms. The van der Waals surface area contributed by atoms with Crippen LogP contribution in [0.1, 0.15) is 17.3 Å². The van der Waals surface area contributed by atoms with Crippen LogP contribution in [0.25, 0.3) is 0 Å². The van der Waals surface area contributed by atoms with E-state index in [9.17, 15) is 4.79 Å². The molecule has 0 N–H and O–H groups in total. The van der Waals surface area contributed by atoms with E-state index in [4.69, 9.17) is 4.74 Å². The fourth-order valence-corrected chi connectivity index (χ4v) is 1.00. The number of ether oxygens (including phenoxy) is 1. The van der Waals surface area contributed by atoms with Gasteiger partial charge in [-0.25, -0.2) is 4.79 Å². The molecule has 0 spiro atoms. The van der Waals surface area contributed by atoms with Crippen LogP contribution in [-0.2, 0) is 4.74 Å². The maximum absolute atomic E-state index is 11.1. The topological polar surface area (TPSA) is 52.1 Å². The first-order chi connectivity index (χ1) is 5.74. The van der Waals surface area contributed by atoms with Crippen molar-refractivity contribution in [1.29, 1.82) is 0 Å². The molecule has 0 atom stereocenters. The van der Waals surface area contributed by atoms with Gasteiger partial charge in [0, 0.05) is 0 Å². The lowest BCUT2D eigenvalue weighted by Crippen LogP contribution is -2.05. The molecule has 0 aliphatic heterocycles. The highest BCUT2D eigenvalue weighted by molar-refractivity contribution is 9.10. The Kier molecular flexibility index (Phi) is 3.16. The second-order valence-electron chi connectivity index (χ2n) is 1.99. The van der Waals surface area contributed by atoms with Gasteiger partial charge in [-0.1, -0.05) is 0 Å². The number of rotatable bonds is 2. The zero-order valence-corrected chi connectivity index (χ0v) is 8.04. The summed E-state index contributed by atoms with van der Waals surface area (Å²) in [4.78, 5) is 11.1. The van der Waals surface area contributed by atoms with E-state index in [2.05, 4.69) is 26.1 Å². The van der Waals surface area contributed by atoms with Crippen LogP contribution in [0.3, 0.4) is 0 Å². The molecule has 0 radical (unpaired) electrons. The first-order valence-electron chi connectivity index (χ1n) is 3.39. The largest absolute Gasteiger partial charge is 0.462 e. The lowest BCUT2D eigenvalue weighted by Gasteiger charge is -1.99. The third-order valence-corrected chi connectivity index (χ3v) is 1.52. The molecule has 1 rings (SSSR count). The molecule has 1 aromatic heterocycles. The van der Waals surface area contributed by atoms with Crippen LogP contribution in [0.4, 0.5) is 0 Å². The summed E-state index contributed by atoms with van der Waals surface area (Å²) in [6, 6.07) is 1.56. The molecule has 0 amide bonds. The van der Waals surface area contributed by atoms with Gasteiger partial charge in [0.25, 0.3) is 0 Å². The van der Waals surface area contributed by atoms with Gasteiger partial charge in [-0.2, -0.15) is 5.10 Å². The van der Waals surface area contributed by atoms with Gasteiger partial charge >= 0.3 is 5.97 Å². The fourth-order valence-electron chi connectivity index (χ4n) is 0.667. The molecule has 0 saturated heterocycles. The minimum Gasteiger partial charge on any atom is -0.462 e. The van der Waals surface area contributed by atoms with Gasteiger partial charge in [0.15, 0.2) is 0 Å². The van der Waals surface area contributed by atoms with Gasteiger partial charge in [0.2, 0.25) is 0 Å². The highest BCUT2D eigenvalue weighted by Crippen LogP contribution is 2.07. The average Bonchev–Trinajstić information content (AvgIpc) is 2.05. The zero-order valence-electron chi connectivity index (χ0n) is 6.45. The predicted molar refractivity (Wildman–Crippen MR) is 45.7 cm³/mol. The van der Waals surface area contributed by atoms with Gasteiger partial charge in [-0.3, -0.25) is 0 Å². The number of nitrogens with zero attached hydrogens (tertiary/aromatic N) is 2. The summed E-state index contributed by atoms with van der Waals surface area (Å²) in [7, 11) is 0. The van der Waals surface area contributed by atoms with Crippen molar-refractivity contribution in [2.24, 2.45) is 0 Å². The number of esters is 1. The van der Waals surface area contributed by atoms with Gasteiger partial charge in [0.1, 0.15) is 4.60 Å². The summed E-state index contributed by atoms with van der Waals surface area (Å²) < 4.78 is 5.28. The first kappa shape index (κ1) is 9.12. The first-order valence-corrected chi connectivity index (χ1v) is 4.18. The van der Waals surface area contributed by atoms with Crippen molar-refractivity contribution >= 4 is 21.9 Å². The average molecular weight is 231 g/mol. The second-order valence-corrected chi connectivity index (χ2v) is 2.80. The Morgan fingerprint density at radius 1 is 1.75 bits per heavy atom. The Hall–Kier alpha value is -0.970. The molecule has 0 unspecified atom stereocenters. The molecule has 1 aromatic rings. The standard InChI is InChI=1S/C7H7BrN2O2/c1-2-12-7(11)5-3-6(8)10-9-4-5/h3-4H,2H2,1H3. The maximum Gasteiger partial charge on any atom is 0.339 e. The van der Waals surface area contributed by atoms with Crippen LogP contribution >= 0.6 is 15.9 Å². The SMILES string of the molecule is CCOC(=O)c1cnnc(Br)c1. The summed E-state index contributed by atoms with van der Waals surface area (Å²) in [5, 5.41) is 7.23. The number of halogens is 1. The smallest absolute Gasteiger partial charge is 0.339 e. The van der Waals surface area contributed by atoms with Gasteiger partial charge in [0.05, 0.1) is 18.4 Å². The zero-order chi connectivity index (χ0) is 8.97. The Morgan fingerprint density at radius 2 is 2.50 bits per heavy atom. The molecule has 0 aliphatic rings. The van der Waals surface area contributed by atoms with Crippen LogP contribution in [-0.4, -0.2) is 22.8 Å². The van der Waals surface area contributed by atoms with E-state index in [0.717, 1.165) is 0 Å². The summed E-state index contributed by atoms with van der Waals surface area (Å²) >= 11 is 3.10. The monoisotopic (exact) mass is 230 g/mol. The lowest BCUT2D eigenvalue weighted by atomic mass is 10.3. The molecule has 0 saturated carbocycles. The second kappa shape index (κ2) is 4.15. The number of carbonyl (C=O) groups excluding carboxylic acids is 1. The summed E-state index contributed by atoms with van der Waals surface area (Å²) in [6.45, 7) is 2.11. The molecular formula is C7H7BrN2O2. The van der Waals surface area contributed by atoms with Crippen LogP contribution in [0.15, 0.2) is 16.9 Å². The maximum atomic E-state index is 11.1. The van der Waals surface area contributed by atoms with Gasteiger partial charge in [-0.05, 0) is 28.9 Å². The van der Waals surface area contributed by atoms with Crippen LogP contribution in [0, 0.1) is 0 Å². The third kappa shape index (κ3) is 2.27. The number of hydrogen-bond donors (Lipinski definition) is 0. The number of hydrogen-bond acceptors (Lipinski definition) is 4. The van der Waals surface area contributed by atoms with Gasteiger partial charge in [-0.15, -0.1) is 5.10 Å². The fraction of sp³-hybridized carbons (Fsp3) is 0.286. The Bertz CT molecular complexity index is 290. The minimum atomic E-state index is -0.381. The molecule has 64 valence electrons. The van der Waals surface area contributed by atoms with Crippen LogP contribution in [0.5, 0.6) is 0 Å². The Morgan fingerprint density at radius 3 is 3.08 bits per heavy atom. The molecule has 0 fully saturated rings. The minimum absolute atomic E-state index is 0.360. The lowest BCUT2D eigenvalue weighted by molar-refractivity contribution is 0.0525. The van der Waals surface area contributed by atoms with Crippen molar-refractivity contribution in [1.82, 2.24) is 10.2 Å². The number of aromatic nitrogens is 2. The van der Waals surface area contributed by atoms with E-state index >= 15 is 0 Å². The van der Waals surface area contributed by atoms with Gasteiger partial charge < -0.3 is 4.74 Å². The summed E-state index contributed by atoms with van der Waals surface area (Å²) in [5.41, 5.74) is 0.402. The molecule has 5 heteroatoms. The van der Waals surface area contributed by atoms with E-state index in [1.165, 1.54) is 6.20 Å². The molecule has 0 aliphatic carbocycles. The third-order valence-electron chi connectivity index (χ3n) is 1.14. The van der Waals surface area contributed by atoms with Crippen LogP contribution < -0.4 is 0 Å². The quantitative estimate of drug-likeness (QED) is 0.722. The Balaban J connectivity index is 2.81. The molecular weight excluding hydrogens is 224 g/mol. The Labute approximate surface area is 78.1 Å². The van der Waals surface area contributed by atoms with Crippen molar-refractivity contribution in [2.75, 3.05) is 6.61 Å². The molecule has 0 aromatic carbocycles. The van der Waals surface area contributed by atoms with E-state index < -0.39 is 0 Å². The van der Waals surface area contributed by atoms with E-state index in [1.807, 2.05) is 0 Å². The molecule has 1 heterocycles. The molecule has 4 nitrogen and oxygen atoms in total. The summed E-state index contributed by atoms with van der Waals surface area (Å²) in [6.07, 6.45) is 1.36. The van der Waals surface area contributed by atoms with E-state index in [0.29, 0.717) is 16.8 Å². The predicted octanol–water partition coefficient (Wildman–Crippen LogP) is 1.42. The van der Waals surface area contributed by atoms with E-state index in [1.54, 1.807) is 13.0 Å². The van der Waals surface area contributed by atoms with Crippen molar-refractivity contribution in [2.45, 2.75) is 6.92 Å². The molecule has 0 bridgehead atoms. The van der Waals surface area contributed by atoms with Crippen molar-refractivity contribution in [3.05, 3.63) is 22.4 Å². The van der Waals surface area contributed by atoms with Crippen molar-refractivity contribution in [3.63, 3.8) is 0 Å². The number of carbonyl (C=O) groups is 1. The van der Waals surface area contributed by atoms with Crippen LogP contribution in [0.2, 0.25) is 0 Å².